The second-order valence-electron chi connectivity index (χ2n) is 3.55. The van der Waals surface area contributed by atoms with Crippen molar-refractivity contribution in [1.29, 1.82) is 0 Å². The first-order chi connectivity index (χ1) is 7.74. The Labute approximate surface area is 94.1 Å². The third-order valence-electron chi connectivity index (χ3n) is 2.47. The van der Waals surface area contributed by atoms with Crippen LogP contribution in [-0.2, 0) is 4.74 Å². The summed E-state index contributed by atoms with van der Waals surface area (Å²) in [5, 5.41) is 0.878. The third kappa shape index (κ3) is 1.76. The van der Waals surface area contributed by atoms with Crippen molar-refractivity contribution in [3.05, 3.63) is 41.6 Å². The molecule has 0 amide bonds. The standard InChI is InChI=1S/C13H13NO2/c1-3-16-13(15)10-7-8-14-11-6-4-5-9(2)12(10)11/h4-8H,3H2,1-2H3. The van der Waals surface area contributed by atoms with Crippen LogP contribution in [0.25, 0.3) is 10.9 Å². The van der Waals surface area contributed by atoms with E-state index in [0.717, 1.165) is 16.5 Å². The summed E-state index contributed by atoms with van der Waals surface area (Å²) in [5.74, 6) is -0.288. The number of carbonyl (C=O) groups excluding carboxylic acids is 1. The van der Waals surface area contributed by atoms with Gasteiger partial charge in [0, 0.05) is 11.6 Å². The van der Waals surface area contributed by atoms with Gasteiger partial charge in [0.25, 0.3) is 0 Å². The van der Waals surface area contributed by atoms with Crippen LogP contribution in [0.15, 0.2) is 30.5 Å². The number of aryl methyl sites for hydroxylation is 1. The summed E-state index contributed by atoms with van der Waals surface area (Å²) in [6, 6.07) is 7.49. The van der Waals surface area contributed by atoms with Gasteiger partial charge in [-0.05, 0) is 31.5 Å². The van der Waals surface area contributed by atoms with E-state index in [1.54, 1.807) is 19.2 Å². The van der Waals surface area contributed by atoms with E-state index in [0.29, 0.717) is 12.2 Å². The highest BCUT2D eigenvalue weighted by Gasteiger charge is 2.12. The van der Waals surface area contributed by atoms with Crippen LogP contribution in [0.3, 0.4) is 0 Å². The third-order valence-corrected chi connectivity index (χ3v) is 2.47. The number of hydrogen-bond acceptors (Lipinski definition) is 3. The van der Waals surface area contributed by atoms with Crippen LogP contribution in [0.5, 0.6) is 0 Å². The molecule has 3 nitrogen and oxygen atoms in total. The molecule has 0 saturated carbocycles. The lowest BCUT2D eigenvalue weighted by Gasteiger charge is -2.07. The smallest absolute Gasteiger partial charge is 0.338 e. The Morgan fingerprint density at radius 2 is 2.19 bits per heavy atom. The molecule has 16 heavy (non-hydrogen) atoms. The van der Waals surface area contributed by atoms with Crippen LogP contribution in [0.4, 0.5) is 0 Å². The molecule has 3 heteroatoms. The van der Waals surface area contributed by atoms with Gasteiger partial charge < -0.3 is 4.74 Å². The van der Waals surface area contributed by atoms with E-state index < -0.39 is 0 Å². The van der Waals surface area contributed by atoms with Gasteiger partial charge in [0.1, 0.15) is 0 Å². The Morgan fingerprint density at radius 3 is 2.94 bits per heavy atom. The predicted molar refractivity (Wildman–Crippen MR) is 62.4 cm³/mol. The second-order valence-corrected chi connectivity index (χ2v) is 3.55. The molecule has 0 fully saturated rings. The maximum atomic E-state index is 11.8. The van der Waals surface area contributed by atoms with Gasteiger partial charge in [-0.1, -0.05) is 12.1 Å². The van der Waals surface area contributed by atoms with Crippen molar-refractivity contribution >= 4 is 16.9 Å². The van der Waals surface area contributed by atoms with Crippen molar-refractivity contribution in [3.63, 3.8) is 0 Å². The zero-order valence-electron chi connectivity index (χ0n) is 9.36. The van der Waals surface area contributed by atoms with Crippen molar-refractivity contribution in [3.8, 4) is 0 Å². The van der Waals surface area contributed by atoms with E-state index in [9.17, 15) is 4.79 Å². The quantitative estimate of drug-likeness (QED) is 0.723. The Hall–Kier alpha value is -1.90. The Kier molecular flexibility index (Phi) is 2.86. The number of carbonyl (C=O) groups is 1. The molecule has 0 unspecified atom stereocenters. The highest BCUT2D eigenvalue weighted by molar-refractivity contribution is 6.04. The molecule has 0 aliphatic heterocycles. The summed E-state index contributed by atoms with van der Waals surface area (Å²) in [4.78, 5) is 16.0. The molecule has 0 aliphatic rings. The number of benzene rings is 1. The largest absolute Gasteiger partial charge is 0.462 e. The Bertz CT molecular complexity index is 529. The minimum absolute atomic E-state index is 0.288. The van der Waals surface area contributed by atoms with Crippen LogP contribution in [0.1, 0.15) is 22.8 Å². The summed E-state index contributed by atoms with van der Waals surface area (Å²) in [6.45, 7) is 4.15. The molecule has 0 N–H and O–H groups in total. The number of pyridine rings is 1. The van der Waals surface area contributed by atoms with E-state index in [4.69, 9.17) is 4.74 Å². The van der Waals surface area contributed by atoms with Crippen LogP contribution in [0, 0.1) is 6.92 Å². The SMILES string of the molecule is CCOC(=O)c1ccnc2cccc(C)c12. The summed E-state index contributed by atoms with van der Waals surface area (Å²) >= 11 is 0. The zero-order chi connectivity index (χ0) is 11.5. The second kappa shape index (κ2) is 4.31. The highest BCUT2D eigenvalue weighted by atomic mass is 16.5. The van der Waals surface area contributed by atoms with Gasteiger partial charge in [0.2, 0.25) is 0 Å². The molecule has 1 aromatic carbocycles. The molecule has 0 bridgehead atoms. The Balaban J connectivity index is 2.65. The van der Waals surface area contributed by atoms with Crippen molar-refractivity contribution in [2.75, 3.05) is 6.61 Å². The van der Waals surface area contributed by atoms with Gasteiger partial charge in [-0.25, -0.2) is 4.79 Å². The van der Waals surface area contributed by atoms with Gasteiger partial charge in [0.15, 0.2) is 0 Å². The molecule has 82 valence electrons. The van der Waals surface area contributed by atoms with Gasteiger partial charge in [-0.15, -0.1) is 0 Å². The average molecular weight is 215 g/mol. The number of nitrogens with zero attached hydrogens (tertiary/aromatic N) is 1. The van der Waals surface area contributed by atoms with E-state index >= 15 is 0 Å². The maximum absolute atomic E-state index is 11.8. The van der Waals surface area contributed by atoms with Gasteiger partial charge in [-0.2, -0.15) is 0 Å². The van der Waals surface area contributed by atoms with Crippen LogP contribution in [0.2, 0.25) is 0 Å². The molecule has 0 aliphatic carbocycles. The maximum Gasteiger partial charge on any atom is 0.338 e. The van der Waals surface area contributed by atoms with Crippen molar-refractivity contribution in [1.82, 2.24) is 4.98 Å². The molecule has 2 aromatic rings. The summed E-state index contributed by atoms with van der Waals surface area (Å²) in [6.07, 6.45) is 1.63. The number of ether oxygens (including phenoxy) is 1. The fourth-order valence-electron chi connectivity index (χ4n) is 1.76. The minimum Gasteiger partial charge on any atom is -0.462 e. The van der Waals surface area contributed by atoms with Gasteiger partial charge >= 0.3 is 5.97 Å². The normalized spacial score (nSPS) is 10.4. The molecular weight excluding hydrogens is 202 g/mol. The van der Waals surface area contributed by atoms with Crippen molar-refractivity contribution in [2.45, 2.75) is 13.8 Å². The molecular formula is C13H13NO2. The number of hydrogen-bond donors (Lipinski definition) is 0. The lowest BCUT2D eigenvalue weighted by Crippen LogP contribution is -2.06. The zero-order valence-corrected chi connectivity index (χ0v) is 9.36. The fraction of sp³-hybridized carbons (Fsp3) is 0.231. The number of rotatable bonds is 2. The first kappa shape index (κ1) is 10.6. The van der Waals surface area contributed by atoms with Crippen molar-refractivity contribution in [2.24, 2.45) is 0 Å². The molecule has 0 radical (unpaired) electrons. The number of esters is 1. The Morgan fingerprint density at radius 1 is 1.38 bits per heavy atom. The summed E-state index contributed by atoms with van der Waals surface area (Å²) in [7, 11) is 0. The lowest BCUT2D eigenvalue weighted by molar-refractivity contribution is 0.0528. The van der Waals surface area contributed by atoms with Crippen LogP contribution < -0.4 is 0 Å². The molecule has 0 atom stereocenters. The van der Waals surface area contributed by atoms with Gasteiger partial charge in [-0.3, -0.25) is 4.98 Å². The number of aromatic nitrogens is 1. The minimum atomic E-state index is -0.288. The van der Waals surface area contributed by atoms with E-state index in [1.807, 2.05) is 25.1 Å². The van der Waals surface area contributed by atoms with E-state index in [2.05, 4.69) is 4.98 Å². The van der Waals surface area contributed by atoms with E-state index in [1.165, 1.54) is 0 Å². The highest BCUT2D eigenvalue weighted by Crippen LogP contribution is 2.21. The van der Waals surface area contributed by atoms with E-state index in [-0.39, 0.29) is 5.97 Å². The van der Waals surface area contributed by atoms with Crippen LogP contribution >= 0.6 is 0 Å². The first-order valence-electron chi connectivity index (χ1n) is 5.25. The predicted octanol–water partition coefficient (Wildman–Crippen LogP) is 2.72. The average Bonchev–Trinajstić information content (AvgIpc) is 2.29. The molecule has 0 saturated heterocycles. The monoisotopic (exact) mass is 215 g/mol. The molecule has 1 aromatic heterocycles. The topological polar surface area (TPSA) is 39.2 Å². The molecule has 1 heterocycles. The molecule has 0 spiro atoms. The molecule has 2 rings (SSSR count). The summed E-state index contributed by atoms with van der Waals surface area (Å²) < 4.78 is 5.02. The van der Waals surface area contributed by atoms with Crippen molar-refractivity contribution < 1.29 is 9.53 Å². The first-order valence-corrected chi connectivity index (χ1v) is 5.25. The van der Waals surface area contributed by atoms with Gasteiger partial charge in [0.05, 0.1) is 17.7 Å². The number of fused-ring (bicyclic) bond motifs is 1. The fourth-order valence-corrected chi connectivity index (χ4v) is 1.76. The summed E-state index contributed by atoms with van der Waals surface area (Å²) in [5.41, 5.74) is 2.45. The van der Waals surface area contributed by atoms with Crippen LogP contribution in [-0.4, -0.2) is 17.6 Å². The lowest BCUT2D eigenvalue weighted by atomic mass is 10.0.